The standard InChI is InChI=1S/C23H27N3O6S/c1-32-20-12-6-17(7-13-22(27)28)16-21(20)33(30,31)25-19-10-8-18(9-11-19)24-23(29)26-14-4-2-3-5-15-26/h6-13,16,25H,2-5,14-15H2,1H3,(H,24,29)(H,27,28)/b13-7+. The van der Waals surface area contributed by atoms with Crippen LogP contribution in [0.4, 0.5) is 16.2 Å². The van der Waals surface area contributed by atoms with Gasteiger partial charge in [0.2, 0.25) is 0 Å². The van der Waals surface area contributed by atoms with E-state index in [1.807, 2.05) is 0 Å². The topological polar surface area (TPSA) is 125 Å². The van der Waals surface area contributed by atoms with Crippen molar-refractivity contribution in [1.82, 2.24) is 4.90 Å². The average molecular weight is 474 g/mol. The number of amides is 2. The third kappa shape index (κ3) is 6.72. The van der Waals surface area contributed by atoms with Gasteiger partial charge in [-0.1, -0.05) is 18.9 Å². The summed E-state index contributed by atoms with van der Waals surface area (Å²) in [5.74, 6) is -1.02. The van der Waals surface area contributed by atoms with Gasteiger partial charge in [0, 0.05) is 30.5 Å². The number of carboxylic acids is 1. The summed E-state index contributed by atoms with van der Waals surface area (Å²) in [4.78, 5) is 24.9. The number of urea groups is 1. The Bertz CT molecular complexity index is 1120. The van der Waals surface area contributed by atoms with Crippen LogP contribution in [0.15, 0.2) is 53.4 Å². The molecular formula is C23H27N3O6S. The van der Waals surface area contributed by atoms with Crippen molar-refractivity contribution in [2.45, 2.75) is 30.6 Å². The number of hydrogen-bond donors (Lipinski definition) is 3. The normalized spacial score (nSPS) is 14.5. The van der Waals surface area contributed by atoms with Gasteiger partial charge in [-0.15, -0.1) is 0 Å². The zero-order chi connectivity index (χ0) is 23.8. The minimum absolute atomic E-state index is 0.122. The fraction of sp³-hybridized carbons (Fsp3) is 0.304. The molecule has 10 heteroatoms. The summed E-state index contributed by atoms with van der Waals surface area (Å²) >= 11 is 0. The molecule has 0 bridgehead atoms. The molecule has 0 atom stereocenters. The number of nitrogens with zero attached hydrogens (tertiary/aromatic N) is 1. The van der Waals surface area contributed by atoms with Gasteiger partial charge in [-0.2, -0.15) is 0 Å². The van der Waals surface area contributed by atoms with Crippen LogP contribution < -0.4 is 14.8 Å². The molecule has 2 aromatic rings. The minimum Gasteiger partial charge on any atom is -0.495 e. The lowest BCUT2D eigenvalue weighted by Crippen LogP contribution is -2.35. The molecule has 2 aromatic carbocycles. The van der Waals surface area contributed by atoms with Gasteiger partial charge in [0.05, 0.1) is 7.11 Å². The van der Waals surface area contributed by atoms with Gasteiger partial charge in [-0.05, 0) is 60.9 Å². The maximum absolute atomic E-state index is 13.0. The molecule has 0 radical (unpaired) electrons. The Hall–Kier alpha value is -3.53. The lowest BCUT2D eigenvalue weighted by Gasteiger charge is -2.20. The number of anilines is 2. The molecule has 33 heavy (non-hydrogen) atoms. The molecule has 0 saturated carbocycles. The van der Waals surface area contributed by atoms with Crippen molar-refractivity contribution in [2.75, 3.05) is 30.2 Å². The zero-order valence-corrected chi connectivity index (χ0v) is 19.1. The first-order valence-electron chi connectivity index (χ1n) is 10.6. The Labute approximate surface area is 193 Å². The van der Waals surface area contributed by atoms with Gasteiger partial charge in [-0.3, -0.25) is 4.72 Å². The van der Waals surface area contributed by atoms with Crippen LogP contribution in [0.1, 0.15) is 31.2 Å². The summed E-state index contributed by atoms with van der Waals surface area (Å²) in [5, 5.41) is 11.6. The molecule has 1 aliphatic heterocycles. The van der Waals surface area contributed by atoms with Crippen LogP contribution in [0, 0.1) is 0 Å². The van der Waals surface area contributed by atoms with E-state index in [1.54, 1.807) is 35.2 Å². The van der Waals surface area contributed by atoms with E-state index in [9.17, 15) is 18.0 Å². The van der Waals surface area contributed by atoms with Crippen molar-refractivity contribution in [3.8, 4) is 5.75 Å². The highest BCUT2D eigenvalue weighted by molar-refractivity contribution is 7.92. The summed E-state index contributed by atoms with van der Waals surface area (Å²) in [7, 11) is -2.68. The molecule has 1 aliphatic rings. The Balaban J connectivity index is 1.73. The second-order valence-electron chi connectivity index (χ2n) is 7.60. The molecule has 0 aromatic heterocycles. The number of aliphatic carboxylic acids is 1. The van der Waals surface area contributed by atoms with Crippen LogP contribution in [0.3, 0.4) is 0 Å². The van der Waals surface area contributed by atoms with Gasteiger partial charge in [0.25, 0.3) is 10.0 Å². The highest BCUT2D eigenvalue weighted by atomic mass is 32.2. The maximum atomic E-state index is 13.0. The molecule has 1 saturated heterocycles. The van der Waals surface area contributed by atoms with E-state index < -0.39 is 16.0 Å². The number of benzene rings is 2. The van der Waals surface area contributed by atoms with Crippen LogP contribution in [-0.4, -0.2) is 50.6 Å². The number of hydrogen-bond acceptors (Lipinski definition) is 5. The molecular weight excluding hydrogens is 446 g/mol. The molecule has 9 nitrogen and oxygen atoms in total. The van der Waals surface area contributed by atoms with Crippen LogP contribution in [0.5, 0.6) is 5.75 Å². The number of rotatable bonds is 7. The molecule has 3 rings (SSSR count). The summed E-state index contributed by atoms with van der Waals surface area (Å²) in [6.45, 7) is 1.46. The van der Waals surface area contributed by atoms with E-state index in [0.717, 1.165) is 44.8 Å². The number of carbonyl (C=O) groups excluding carboxylic acids is 1. The van der Waals surface area contributed by atoms with Crippen molar-refractivity contribution in [3.05, 3.63) is 54.1 Å². The van der Waals surface area contributed by atoms with Crippen LogP contribution in [0.2, 0.25) is 0 Å². The van der Waals surface area contributed by atoms with E-state index in [-0.39, 0.29) is 16.7 Å². The minimum atomic E-state index is -4.03. The third-order valence-corrected chi connectivity index (χ3v) is 6.58. The molecule has 176 valence electrons. The predicted molar refractivity (Wildman–Crippen MR) is 126 cm³/mol. The van der Waals surface area contributed by atoms with Crippen LogP contribution in [-0.2, 0) is 14.8 Å². The SMILES string of the molecule is COc1ccc(/C=C/C(=O)O)cc1S(=O)(=O)Nc1ccc(NC(=O)N2CCCCCC2)cc1. The second kappa shape index (κ2) is 10.9. The fourth-order valence-electron chi connectivity index (χ4n) is 3.48. The highest BCUT2D eigenvalue weighted by Crippen LogP contribution is 2.28. The predicted octanol–water partition coefficient (Wildman–Crippen LogP) is 4.00. The van der Waals surface area contributed by atoms with Gasteiger partial charge < -0.3 is 20.1 Å². The van der Waals surface area contributed by atoms with Gasteiger partial charge in [0.1, 0.15) is 10.6 Å². The average Bonchev–Trinajstić information content (AvgIpc) is 3.08. The lowest BCUT2D eigenvalue weighted by atomic mass is 10.2. The first kappa shape index (κ1) is 24.1. The van der Waals surface area contributed by atoms with Crippen molar-refractivity contribution >= 4 is 39.5 Å². The Morgan fingerprint density at radius 2 is 1.64 bits per heavy atom. The highest BCUT2D eigenvalue weighted by Gasteiger charge is 2.20. The van der Waals surface area contributed by atoms with Crippen molar-refractivity contribution in [1.29, 1.82) is 0 Å². The monoisotopic (exact) mass is 473 g/mol. The van der Waals surface area contributed by atoms with E-state index in [2.05, 4.69) is 10.0 Å². The number of carbonyl (C=O) groups is 2. The number of methoxy groups -OCH3 is 1. The molecule has 0 aliphatic carbocycles. The number of carboxylic acid groups (broad SMARTS) is 1. The quantitative estimate of drug-likeness (QED) is 0.522. The zero-order valence-electron chi connectivity index (χ0n) is 18.3. The van der Waals surface area contributed by atoms with E-state index in [0.29, 0.717) is 16.9 Å². The Kier molecular flexibility index (Phi) is 7.94. The first-order chi connectivity index (χ1) is 15.8. The van der Waals surface area contributed by atoms with Crippen LogP contribution >= 0.6 is 0 Å². The van der Waals surface area contributed by atoms with Gasteiger partial charge in [0.15, 0.2) is 0 Å². The molecule has 1 fully saturated rings. The molecule has 3 N–H and O–H groups in total. The van der Waals surface area contributed by atoms with E-state index in [1.165, 1.54) is 25.3 Å². The summed E-state index contributed by atoms with van der Waals surface area (Å²) in [6.07, 6.45) is 6.45. The Morgan fingerprint density at radius 1 is 1.00 bits per heavy atom. The molecule has 2 amide bonds. The van der Waals surface area contributed by atoms with Gasteiger partial charge >= 0.3 is 12.0 Å². The van der Waals surface area contributed by atoms with Crippen molar-refractivity contribution < 1.29 is 27.9 Å². The summed E-state index contributed by atoms with van der Waals surface area (Å²) < 4.78 is 33.6. The summed E-state index contributed by atoms with van der Waals surface area (Å²) in [6, 6.07) is 10.5. The first-order valence-corrected chi connectivity index (χ1v) is 12.0. The summed E-state index contributed by atoms with van der Waals surface area (Å²) in [5.41, 5.74) is 1.26. The maximum Gasteiger partial charge on any atom is 0.328 e. The number of likely N-dealkylation sites (tertiary alicyclic amines) is 1. The third-order valence-electron chi connectivity index (χ3n) is 5.18. The number of sulfonamides is 1. The number of nitrogens with one attached hydrogen (secondary N) is 2. The smallest absolute Gasteiger partial charge is 0.328 e. The molecule has 0 unspecified atom stereocenters. The second-order valence-corrected chi connectivity index (χ2v) is 9.25. The van der Waals surface area contributed by atoms with Crippen LogP contribution in [0.25, 0.3) is 6.08 Å². The van der Waals surface area contributed by atoms with Gasteiger partial charge in [-0.25, -0.2) is 18.0 Å². The molecule has 1 heterocycles. The number of ether oxygens (including phenoxy) is 1. The van der Waals surface area contributed by atoms with Crippen molar-refractivity contribution in [3.63, 3.8) is 0 Å². The Morgan fingerprint density at radius 3 is 2.24 bits per heavy atom. The largest absolute Gasteiger partial charge is 0.495 e. The lowest BCUT2D eigenvalue weighted by molar-refractivity contribution is -0.131. The van der Waals surface area contributed by atoms with Crippen molar-refractivity contribution in [2.24, 2.45) is 0 Å². The van der Waals surface area contributed by atoms with E-state index in [4.69, 9.17) is 9.84 Å². The van der Waals surface area contributed by atoms with E-state index >= 15 is 0 Å². The molecule has 0 spiro atoms. The fourth-order valence-corrected chi connectivity index (χ4v) is 4.75.